The molecule has 0 bridgehead atoms. The summed E-state index contributed by atoms with van der Waals surface area (Å²) in [4.78, 5) is 10.2. The summed E-state index contributed by atoms with van der Waals surface area (Å²) in [6, 6.07) is 10.4. The molecule has 110 valence electrons. The van der Waals surface area contributed by atoms with E-state index in [1.54, 1.807) is 6.92 Å². The van der Waals surface area contributed by atoms with Crippen molar-refractivity contribution in [2.24, 2.45) is 0 Å². The monoisotopic (exact) mass is 275 g/mol. The summed E-state index contributed by atoms with van der Waals surface area (Å²) in [5, 5.41) is 3.38. The molecular formula is C17H25NO2. The first-order valence-corrected chi connectivity index (χ1v) is 6.54. The van der Waals surface area contributed by atoms with Crippen molar-refractivity contribution in [3.05, 3.63) is 59.3 Å². The summed E-state index contributed by atoms with van der Waals surface area (Å²) in [7, 11) is 1.33. The number of rotatable bonds is 4. The maximum atomic E-state index is 10.2. The Morgan fingerprint density at radius 1 is 1.15 bits per heavy atom. The van der Waals surface area contributed by atoms with Gasteiger partial charge in [0.1, 0.15) is 0 Å². The lowest BCUT2D eigenvalue weighted by molar-refractivity contribution is -0.136. The number of methoxy groups -OCH3 is 1. The van der Waals surface area contributed by atoms with Gasteiger partial charge in [-0.15, -0.1) is 0 Å². The predicted molar refractivity (Wildman–Crippen MR) is 84.2 cm³/mol. The van der Waals surface area contributed by atoms with Crippen LogP contribution in [0.15, 0.2) is 53.8 Å². The Labute approximate surface area is 122 Å². The smallest absolute Gasteiger partial charge is 0.332 e. The number of carbonyl (C=O) groups is 1. The summed E-state index contributed by atoms with van der Waals surface area (Å²) >= 11 is 0. The fraction of sp³-hybridized carbons (Fsp3) is 0.353. The quantitative estimate of drug-likeness (QED) is 0.670. The van der Waals surface area contributed by atoms with Crippen molar-refractivity contribution in [1.29, 1.82) is 0 Å². The minimum atomic E-state index is -0.347. The number of carbonyl (C=O) groups excluding carboxylic acids is 1. The number of nitrogens with one attached hydrogen (secondary N) is 1. The summed E-state index contributed by atoms with van der Waals surface area (Å²) in [6.45, 7) is 12.2. The third kappa shape index (κ3) is 8.14. The van der Waals surface area contributed by atoms with E-state index in [2.05, 4.69) is 61.7 Å². The van der Waals surface area contributed by atoms with Gasteiger partial charge in [0.15, 0.2) is 0 Å². The third-order valence-electron chi connectivity index (χ3n) is 2.68. The molecular weight excluding hydrogens is 250 g/mol. The number of hydrogen-bond donors (Lipinski definition) is 1. The summed E-state index contributed by atoms with van der Waals surface area (Å²) in [6.07, 6.45) is 0. The van der Waals surface area contributed by atoms with E-state index in [-0.39, 0.29) is 5.97 Å². The molecule has 0 atom stereocenters. The SMILES string of the molecule is C=C(C)C(=O)OC.CC(C)=C(C)NCc1ccccc1. The summed E-state index contributed by atoms with van der Waals surface area (Å²) < 4.78 is 4.27. The van der Waals surface area contributed by atoms with E-state index in [1.165, 1.54) is 23.9 Å². The van der Waals surface area contributed by atoms with Gasteiger partial charge in [-0.3, -0.25) is 0 Å². The van der Waals surface area contributed by atoms with Gasteiger partial charge >= 0.3 is 5.97 Å². The zero-order valence-electron chi connectivity index (χ0n) is 13.1. The predicted octanol–water partition coefficient (Wildman–Crippen LogP) is 3.83. The normalized spacial score (nSPS) is 8.85. The van der Waals surface area contributed by atoms with Crippen LogP contribution in [0.3, 0.4) is 0 Å². The lowest BCUT2D eigenvalue weighted by Crippen LogP contribution is -2.11. The minimum Gasteiger partial charge on any atom is -0.466 e. The first kappa shape index (κ1) is 18.0. The second-order valence-corrected chi connectivity index (χ2v) is 4.74. The maximum Gasteiger partial charge on any atom is 0.332 e. The van der Waals surface area contributed by atoms with E-state index in [4.69, 9.17) is 0 Å². The second-order valence-electron chi connectivity index (χ2n) is 4.74. The topological polar surface area (TPSA) is 38.3 Å². The van der Waals surface area contributed by atoms with Crippen LogP contribution in [0, 0.1) is 0 Å². The molecule has 0 aliphatic heterocycles. The molecule has 0 radical (unpaired) electrons. The minimum absolute atomic E-state index is 0.347. The molecule has 0 aliphatic carbocycles. The zero-order chi connectivity index (χ0) is 15.5. The molecule has 1 aromatic carbocycles. The highest BCUT2D eigenvalue weighted by Gasteiger charge is 1.95. The molecule has 0 amide bonds. The highest BCUT2D eigenvalue weighted by Crippen LogP contribution is 2.01. The van der Waals surface area contributed by atoms with Crippen LogP contribution >= 0.6 is 0 Å². The van der Waals surface area contributed by atoms with E-state index < -0.39 is 0 Å². The van der Waals surface area contributed by atoms with E-state index in [0.29, 0.717) is 5.57 Å². The summed E-state index contributed by atoms with van der Waals surface area (Å²) in [5.41, 5.74) is 4.37. The maximum absolute atomic E-state index is 10.2. The standard InChI is InChI=1S/C12H17N.C5H8O2/c1-10(2)11(3)13-9-12-7-5-4-6-8-12;1-4(2)5(6)7-3/h4-8,13H,9H2,1-3H3;1H2,2-3H3. The molecule has 1 N–H and O–H groups in total. The van der Waals surface area contributed by atoms with Gasteiger partial charge in [-0.2, -0.15) is 0 Å². The fourth-order valence-corrected chi connectivity index (χ4v) is 1.18. The van der Waals surface area contributed by atoms with Crippen LogP contribution in [0.2, 0.25) is 0 Å². The summed E-state index contributed by atoms with van der Waals surface area (Å²) in [5.74, 6) is -0.347. The second kappa shape index (κ2) is 9.84. The zero-order valence-corrected chi connectivity index (χ0v) is 13.1. The average Bonchev–Trinajstić information content (AvgIpc) is 2.45. The molecule has 0 saturated heterocycles. The van der Waals surface area contributed by atoms with Crippen LogP contribution in [-0.4, -0.2) is 13.1 Å². The average molecular weight is 275 g/mol. The molecule has 0 unspecified atom stereocenters. The molecule has 20 heavy (non-hydrogen) atoms. The molecule has 0 fully saturated rings. The van der Waals surface area contributed by atoms with Gasteiger partial charge in [0, 0.05) is 17.8 Å². The Balaban J connectivity index is 0.000000441. The molecule has 0 aliphatic rings. The number of ether oxygens (including phenoxy) is 1. The van der Waals surface area contributed by atoms with Crippen LogP contribution in [0.4, 0.5) is 0 Å². The van der Waals surface area contributed by atoms with Crippen LogP contribution in [0.25, 0.3) is 0 Å². The van der Waals surface area contributed by atoms with Crippen LogP contribution in [0.1, 0.15) is 33.3 Å². The van der Waals surface area contributed by atoms with Gasteiger partial charge < -0.3 is 10.1 Å². The van der Waals surface area contributed by atoms with E-state index in [0.717, 1.165) is 6.54 Å². The highest BCUT2D eigenvalue weighted by molar-refractivity contribution is 5.86. The number of allylic oxidation sites excluding steroid dienone is 2. The van der Waals surface area contributed by atoms with Crippen molar-refractivity contribution in [3.63, 3.8) is 0 Å². The Hall–Kier alpha value is -2.03. The molecule has 0 spiro atoms. The molecule has 0 aromatic heterocycles. The van der Waals surface area contributed by atoms with Gasteiger partial charge in [0.05, 0.1) is 7.11 Å². The number of hydrogen-bond acceptors (Lipinski definition) is 3. The third-order valence-corrected chi connectivity index (χ3v) is 2.68. The first-order chi connectivity index (χ1) is 9.38. The molecule has 1 aromatic rings. The van der Waals surface area contributed by atoms with Gasteiger partial charge in [-0.25, -0.2) is 4.79 Å². The van der Waals surface area contributed by atoms with Crippen LogP contribution in [-0.2, 0) is 16.1 Å². The van der Waals surface area contributed by atoms with Crippen molar-refractivity contribution in [2.45, 2.75) is 34.2 Å². The Kier molecular flexibility index (Phi) is 8.84. The van der Waals surface area contributed by atoms with Gasteiger partial charge in [0.2, 0.25) is 0 Å². The van der Waals surface area contributed by atoms with Crippen molar-refractivity contribution in [2.75, 3.05) is 7.11 Å². The lowest BCUT2D eigenvalue weighted by atomic mass is 10.2. The molecule has 0 heterocycles. The van der Waals surface area contributed by atoms with Crippen molar-refractivity contribution < 1.29 is 9.53 Å². The largest absolute Gasteiger partial charge is 0.466 e. The molecule has 3 nitrogen and oxygen atoms in total. The Bertz CT molecular complexity index is 457. The van der Waals surface area contributed by atoms with Gasteiger partial charge in [-0.05, 0) is 33.3 Å². The number of benzene rings is 1. The van der Waals surface area contributed by atoms with Crippen LogP contribution < -0.4 is 5.32 Å². The fourth-order valence-electron chi connectivity index (χ4n) is 1.18. The van der Waals surface area contributed by atoms with Gasteiger partial charge in [-0.1, -0.05) is 42.5 Å². The highest BCUT2D eigenvalue weighted by atomic mass is 16.5. The molecule has 0 saturated carbocycles. The first-order valence-electron chi connectivity index (χ1n) is 6.54. The Morgan fingerprint density at radius 3 is 2.05 bits per heavy atom. The molecule has 1 rings (SSSR count). The number of esters is 1. The van der Waals surface area contributed by atoms with Crippen molar-refractivity contribution in [1.82, 2.24) is 5.32 Å². The van der Waals surface area contributed by atoms with Crippen molar-refractivity contribution in [3.8, 4) is 0 Å². The Morgan fingerprint density at radius 2 is 1.70 bits per heavy atom. The van der Waals surface area contributed by atoms with E-state index >= 15 is 0 Å². The lowest BCUT2D eigenvalue weighted by Gasteiger charge is -2.07. The van der Waals surface area contributed by atoms with Crippen molar-refractivity contribution >= 4 is 5.97 Å². The van der Waals surface area contributed by atoms with E-state index in [1.807, 2.05) is 6.07 Å². The van der Waals surface area contributed by atoms with Crippen LogP contribution in [0.5, 0.6) is 0 Å². The van der Waals surface area contributed by atoms with E-state index in [9.17, 15) is 4.79 Å². The van der Waals surface area contributed by atoms with Gasteiger partial charge in [0.25, 0.3) is 0 Å². The molecule has 3 heteroatoms.